The first-order valence-electron chi connectivity index (χ1n) is 7.27. The molecule has 0 bridgehead atoms. The average molecular weight is 330 g/mol. The molecule has 24 heavy (non-hydrogen) atoms. The summed E-state index contributed by atoms with van der Waals surface area (Å²) in [6.45, 7) is 1.99. The molecule has 0 aliphatic carbocycles. The van der Waals surface area contributed by atoms with E-state index in [-0.39, 0.29) is 13.3 Å². The molecule has 3 rings (SSSR count). The number of fused-ring (bicyclic) bond motifs is 1. The Hall–Kier alpha value is -3.09. The SMILES string of the molecule is Cc1cc(F)ccc1NC(=O)C(=O)NCc1ccc2c(c1)OCO2. The van der Waals surface area contributed by atoms with E-state index >= 15 is 0 Å². The van der Waals surface area contributed by atoms with Crippen molar-refractivity contribution in [2.24, 2.45) is 0 Å². The number of aryl methyl sites for hydroxylation is 1. The van der Waals surface area contributed by atoms with Crippen LogP contribution in [0.5, 0.6) is 11.5 Å². The van der Waals surface area contributed by atoms with Crippen LogP contribution in [0.4, 0.5) is 10.1 Å². The van der Waals surface area contributed by atoms with Gasteiger partial charge in [0, 0.05) is 12.2 Å². The average Bonchev–Trinajstić information content (AvgIpc) is 3.02. The molecule has 0 atom stereocenters. The zero-order valence-corrected chi connectivity index (χ0v) is 12.9. The highest BCUT2D eigenvalue weighted by Gasteiger charge is 2.16. The molecule has 1 heterocycles. The van der Waals surface area contributed by atoms with Crippen molar-refractivity contribution in [3.05, 3.63) is 53.3 Å². The molecule has 6 nitrogen and oxygen atoms in total. The van der Waals surface area contributed by atoms with Gasteiger partial charge in [0.25, 0.3) is 0 Å². The third-order valence-corrected chi connectivity index (χ3v) is 3.53. The lowest BCUT2D eigenvalue weighted by Crippen LogP contribution is -2.35. The van der Waals surface area contributed by atoms with Crippen molar-refractivity contribution >= 4 is 17.5 Å². The number of anilines is 1. The summed E-state index contributed by atoms with van der Waals surface area (Å²) in [5, 5.41) is 4.97. The number of benzene rings is 2. The maximum atomic E-state index is 13.0. The van der Waals surface area contributed by atoms with Gasteiger partial charge in [0.2, 0.25) is 6.79 Å². The Kier molecular flexibility index (Phi) is 4.33. The Bertz CT molecular complexity index is 807. The molecule has 0 saturated carbocycles. The molecule has 0 saturated heterocycles. The number of rotatable bonds is 3. The first-order valence-corrected chi connectivity index (χ1v) is 7.27. The van der Waals surface area contributed by atoms with Crippen LogP contribution in [0.15, 0.2) is 36.4 Å². The molecule has 0 aromatic heterocycles. The maximum Gasteiger partial charge on any atom is 0.313 e. The van der Waals surface area contributed by atoms with E-state index in [9.17, 15) is 14.0 Å². The highest BCUT2D eigenvalue weighted by atomic mass is 19.1. The van der Waals surface area contributed by atoms with Crippen molar-refractivity contribution < 1.29 is 23.5 Å². The molecule has 2 aromatic carbocycles. The van der Waals surface area contributed by atoms with Gasteiger partial charge < -0.3 is 20.1 Å². The summed E-state index contributed by atoms with van der Waals surface area (Å²) in [5.41, 5.74) is 1.70. The van der Waals surface area contributed by atoms with E-state index in [0.29, 0.717) is 22.7 Å². The largest absolute Gasteiger partial charge is 0.454 e. The van der Waals surface area contributed by atoms with E-state index in [2.05, 4.69) is 10.6 Å². The summed E-state index contributed by atoms with van der Waals surface area (Å²) in [6.07, 6.45) is 0. The second-order valence-electron chi connectivity index (χ2n) is 5.28. The van der Waals surface area contributed by atoms with Gasteiger partial charge in [-0.25, -0.2) is 4.39 Å². The van der Waals surface area contributed by atoms with Crippen LogP contribution >= 0.6 is 0 Å². The number of carbonyl (C=O) groups excluding carboxylic acids is 2. The summed E-state index contributed by atoms with van der Waals surface area (Å²) in [6, 6.07) is 9.16. The van der Waals surface area contributed by atoms with E-state index in [1.54, 1.807) is 25.1 Å². The van der Waals surface area contributed by atoms with E-state index < -0.39 is 17.6 Å². The quantitative estimate of drug-likeness (QED) is 0.845. The second kappa shape index (κ2) is 6.57. The molecule has 0 spiro atoms. The normalized spacial score (nSPS) is 11.9. The minimum atomic E-state index is -0.814. The highest BCUT2D eigenvalue weighted by Crippen LogP contribution is 2.32. The number of hydrogen-bond donors (Lipinski definition) is 2. The molecule has 0 unspecified atom stereocenters. The predicted molar refractivity (Wildman–Crippen MR) is 84.2 cm³/mol. The number of carbonyl (C=O) groups is 2. The van der Waals surface area contributed by atoms with E-state index in [1.165, 1.54) is 18.2 Å². The molecule has 7 heteroatoms. The van der Waals surface area contributed by atoms with Crippen molar-refractivity contribution in [2.75, 3.05) is 12.1 Å². The first kappa shape index (κ1) is 15.8. The van der Waals surface area contributed by atoms with Crippen LogP contribution < -0.4 is 20.1 Å². The van der Waals surface area contributed by atoms with Crippen LogP contribution in [0.3, 0.4) is 0 Å². The van der Waals surface area contributed by atoms with Crippen LogP contribution in [0.1, 0.15) is 11.1 Å². The minimum absolute atomic E-state index is 0.171. The Morgan fingerprint density at radius 3 is 2.67 bits per heavy atom. The highest BCUT2D eigenvalue weighted by molar-refractivity contribution is 6.39. The van der Waals surface area contributed by atoms with E-state index in [4.69, 9.17) is 9.47 Å². The third kappa shape index (κ3) is 3.45. The molecule has 1 aliphatic rings. The fourth-order valence-corrected chi connectivity index (χ4v) is 2.26. The fourth-order valence-electron chi connectivity index (χ4n) is 2.26. The van der Waals surface area contributed by atoms with E-state index in [1.807, 2.05) is 0 Å². The predicted octanol–water partition coefficient (Wildman–Crippen LogP) is 2.12. The smallest absolute Gasteiger partial charge is 0.313 e. The van der Waals surface area contributed by atoms with Crippen molar-refractivity contribution in [3.8, 4) is 11.5 Å². The van der Waals surface area contributed by atoms with Gasteiger partial charge in [-0.2, -0.15) is 0 Å². The van der Waals surface area contributed by atoms with Crippen LogP contribution in [-0.2, 0) is 16.1 Å². The molecule has 2 N–H and O–H groups in total. The van der Waals surface area contributed by atoms with Gasteiger partial charge in [0.1, 0.15) is 5.82 Å². The van der Waals surface area contributed by atoms with Gasteiger partial charge in [0.15, 0.2) is 11.5 Å². The van der Waals surface area contributed by atoms with Crippen LogP contribution in [0, 0.1) is 12.7 Å². The zero-order chi connectivity index (χ0) is 17.1. The standard InChI is InChI=1S/C17H15FN2O4/c1-10-6-12(18)3-4-13(10)20-17(22)16(21)19-8-11-2-5-14-15(7-11)24-9-23-14/h2-7H,8-9H2,1H3,(H,19,21)(H,20,22). The van der Waals surface area contributed by atoms with Crippen LogP contribution in [-0.4, -0.2) is 18.6 Å². The minimum Gasteiger partial charge on any atom is -0.454 e. The van der Waals surface area contributed by atoms with Crippen molar-refractivity contribution in [1.82, 2.24) is 5.32 Å². The summed E-state index contributed by atoms with van der Waals surface area (Å²) >= 11 is 0. The Labute approximate surface area is 137 Å². The summed E-state index contributed by atoms with van der Waals surface area (Å²) in [4.78, 5) is 23.8. The number of ether oxygens (including phenoxy) is 2. The van der Waals surface area contributed by atoms with Crippen molar-refractivity contribution in [1.29, 1.82) is 0 Å². The molecule has 1 aliphatic heterocycles. The Morgan fingerprint density at radius 2 is 1.88 bits per heavy atom. The summed E-state index contributed by atoms with van der Waals surface area (Å²) in [7, 11) is 0. The van der Waals surface area contributed by atoms with Crippen molar-refractivity contribution in [2.45, 2.75) is 13.5 Å². The van der Waals surface area contributed by atoms with Gasteiger partial charge in [-0.15, -0.1) is 0 Å². The number of amides is 2. The summed E-state index contributed by atoms with van der Waals surface area (Å²) < 4.78 is 23.5. The third-order valence-electron chi connectivity index (χ3n) is 3.53. The van der Waals surface area contributed by atoms with Crippen LogP contribution in [0.25, 0.3) is 0 Å². The zero-order valence-electron chi connectivity index (χ0n) is 12.9. The van der Waals surface area contributed by atoms with E-state index in [0.717, 1.165) is 5.56 Å². The fraction of sp³-hybridized carbons (Fsp3) is 0.176. The number of hydrogen-bond acceptors (Lipinski definition) is 4. The molecular formula is C17H15FN2O4. The molecule has 124 valence electrons. The van der Waals surface area contributed by atoms with Crippen molar-refractivity contribution in [3.63, 3.8) is 0 Å². The van der Waals surface area contributed by atoms with Gasteiger partial charge in [-0.1, -0.05) is 6.07 Å². The Morgan fingerprint density at radius 1 is 1.08 bits per heavy atom. The lowest BCUT2D eigenvalue weighted by molar-refractivity contribution is -0.136. The monoisotopic (exact) mass is 330 g/mol. The maximum absolute atomic E-state index is 13.0. The number of nitrogens with one attached hydrogen (secondary N) is 2. The molecule has 2 aromatic rings. The van der Waals surface area contributed by atoms with Gasteiger partial charge >= 0.3 is 11.8 Å². The topological polar surface area (TPSA) is 76.7 Å². The van der Waals surface area contributed by atoms with Gasteiger partial charge in [0.05, 0.1) is 0 Å². The Balaban J connectivity index is 1.57. The summed E-state index contributed by atoms with van der Waals surface area (Å²) in [5.74, 6) is -0.748. The molecule has 0 radical (unpaired) electrons. The molecule has 0 fully saturated rings. The van der Waals surface area contributed by atoms with Gasteiger partial charge in [-0.05, 0) is 48.4 Å². The van der Waals surface area contributed by atoms with Crippen LogP contribution in [0.2, 0.25) is 0 Å². The molecular weight excluding hydrogens is 315 g/mol. The lowest BCUT2D eigenvalue weighted by atomic mass is 10.2. The molecule has 2 amide bonds. The first-order chi connectivity index (χ1) is 11.5. The lowest BCUT2D eigenvalue weighted by Gasteiger charge is -2.09. The van der Waals surface area contributed by atoms with Gasteiger partial charge in [-0.3, -0.25) is 9.59 Å². The number of halogens is 1. The second-order valence-corrected chi connectivity index (χ2v) is 5.28.